The second kappa shape index (κ2) is 12.4. The molecule has 0 saturated heterocycles. The zero-order chi connectivity index (χ0) is 32.1. The van der Waals surface area contributed by atoms with Crippen LogP contribution in [0, 0.1) is 5.92 Å². The quantitative estimate of drug-likeness (QED) is 0.125. The third kappa shape index (κ3) is 5.45. The number of thiophene rings is 2. The van der Waals surface area contributed by atoms with Crippen LogP contribution in [0.2, 0.25) is 5.02 Å². The average Bonchev–Trinajstić information content (AvgIpc) is 3.67. The second-order valence-electron chi connectivity index (χ2n) is 12.3. The van der Waals surface area contributed by atoms with Crippen LogP contribution in [0.5, 0.6) is 0 Å². The van der Waals surface area contributed by atoms with Crippen molar-refractivity contribution in [3.8, 4) is 0 Å². The highest BCUT2D eigenvalue weighted by atomic mass is 35.5. The van der Waals surface area contributed by atoms with E-state index in [0.717, 1.165) is 39.5 Å². The van der Waals surface area contributed by atoms with Crippen molar-refractivity contribution in [1.82, 2.24) is 0 Å². The van der Waals surface area contributed by atoms with E-state index in [0.29, 0.717) is 0 Å². The molecule has 8 aromatic rings. The van der Waals surface area contributed by atoms with E-state index >= 15 is 0 Å². The molecular weight excluding hydrogens is 632 g/mol. The molecule has 6 aromatic carbocycles. The van der Waals surface area contributed by atoms with Crippen LogP contribution in [0.4, 0.5) is 0 Å². The fourth-order valence-electron chi connectivity index (χ4n) is 6.65. The minimum absolute atomic E-state index is 0.134. The largest absolute Gasteiger partial charge is 0.258 e. The summed E-state index contributed by atoms with van der Waals surface area (Å²) in [7, 11) is 0. The van der Waals surface area contributed by atoms with E-state index in [1.807, 2.05) is 22.7 Å². The van der Waals surface area contributed by atoms with Gasteiger partial charge in [-0.05, 0) is 65.1 Å². The summed E-state index contributed by atoms with van der Waals surface area (Å²) in [6, 6.07) is 43.0. The molecule has 0 spiro atoms. The van der Waals surface area contributed by atoms with Gasteiger partial charge in [-0.25, -0.2) is 4.99 Å². The summed E-state index contributed by atoms with van der Waals surface area (Å²) in [4.78, 5) is 11.0. The van der Waals surface area contributed by atoms with Gasteiger partial charge in [-0.1, -0.05) is 123 Å². The topological polar surface area (TPSA) is 24.7 Å². The van der Waals surface area contributed by atoms with Crippen LogP contribution in [0.3, 0.4) is 0 Å². The molecular formula is C42H33ClN2S2. The highest BCUT2D eigenvalue weighted by Crippen LogP contribution is 2.43. The Balaban J connectivity index is 1.35. The Morgan fingerprint density at radius 2 is 1.34 bits per heavy atom. The van der Waals surface area contributed by atoms with Crippen LogP contribution in [0.15, 0.2) is 131 Å². The summed E-state index contributed by atoms with van der Waals surface area (Å²) in [6.45, 7) is 6.64. The lowest BCUT2D eigenvalue weighted by Gasteiger charge is -2.22. The molecule has 2 nitrogen and oxygen atoms in total. The highest BCUT2D eigenvalue weighted by Gasteiger charge is 2.24. The molecule has 0 saturated carbocycles. The molecule has 0 N–H and O–H groups in total. The molecule has 0 amide bonds. The van der Waals surface area contributed by atoms with Gasteiger partial charge in [0.2, 0.25) is 0 Å². The summed E-state index contributed by atoms with van der Waals surface area (Å²) in [5.41, 5.74) is 4.25. The second-order valence-corrected chi connectivity index (χ2v) is 14.9. The molecule has 0 aliphatic carbocycles. The number of halogens is 1. The van der Waals surface area contributed by atoms with Crippen molar-refractivity contribution in [3.63, 3.8) is 0 Å². The van der Waals surface area contributed by atoms with E-state index in [1.54, 1.807) is 0 Å². The van der Waals surface area contributed by atoms with Crippen LogP contribution in [-0.4, -0.2) is 11.5 Å². The molecule has 0 radical (unpaired) electrons. The predicted molar refractivity (Wildman–Crippen MR) is 209 cm³/mol. The SMILES string of the molecule is CCC(C)C(N=C(N=C(C)c1ccc2c(c1)sc1ccccc12)c1cccc2ccccc12)c1cc(Cl)cc2c1sc1ccccc12. The highest BCUT2D eigenvalue weighted by molar-refractivity contribution is 7.26. The summed E-state index contributed by atoms with van der Waals surface area (Å²) in [6.07, 6.45) is 0.973. The smallest absolute Gasteiger partial charge is 0.156 e. The van der Waals surface area contributed by atoms with Crippen molar-refractivity contribution in [2.45, 2.75) is 33.2 Å². The molecule has 230 valence electrons. The number of fused-ring (bicyclic) bond motifs is 7. The Morgan fingerprint density at radius 3 is 2.13 bits per heavy atom. The van der Waals surface area contributed by atoms with Crippen molar-refractivity contribution in [2.24, 2.45) is 15.9 Å². The number of amidine groups is 1. The van der Waals surface area contributed by atoms with Gasteiger partial charge in [0, 0.05) is 56.6 Å². The van der Waals surface area contributed by atoms with Crippen LogP contribution in [0.1, 0.15) is 49.9 Å². The molecule has 2 unspecified atom stereocenters. The van der Waals surface area contributed by atoms with Crippen LogP contribution in [0.25, 0.3) is 51.1 Å². The van der Waals surface area contributed by atoms with Crippen molar-refractivity contribution >= 4 is 96.9 Å². The normalized spacial score (nSPS) is 14.1. The van der Waals surface area contributed by atoms with Crippen molar-refractivity contribution < 1.29 is 0 Å². The van der Waals surface area contributed by atoms with Crippen LogP contribution < -0.4 is 0 Å². The first-order valence-corrected chi connectivity index (χ1v) is 18.1. The molecule has 0 aliphatic rings. The first kappa shape index (κ1) is 30.0. The predicted octanol–water partition coefficient (Wildman–Crippen LogP) is 13.3. The van der Waals surface area contributed by atoms with Gasteiger partial charge >= 0.3 is 0 Å². The number of rotatable bonds is 6. The van der Waals surface area contributed by atoms with E-state index < -0.39 is 0 Å². The van der Waals surface area contributed by atoms with Gasteiger partial charge in [0.25, 0.3) is 0 Å². The maximum absolute atomic E-state index is 6.88. The molecule has 0 bridgehead atoms. The third-order valence-corrected chi connectivity index (χ3v) is 11.9. The maximum atomic E-state index is 6.88. The number of hydrogen-bond acceptors (Lipinski definition) is 3. The molecule has 8 rings (SSSR count). The van der Waals surface area contributed by atoms with Gasteiger partial charge < -0.3 is 0 Å². The third-order valence-electron chi connectivity index (χ3n) is 9.34. The van der Waals surface area contributed by atoms with Gasteiger partial charge in [0.1, 0.15) is 0 Å². The summed E-state index contributed by atoms with van der Waals surface area (Å²) in [5, 5.41) is 8.08. The van der Waals surface area contributed by atoms with Gasteiger partial charge in [0.15, 0.2) is 5.84 Å². The van der Waals surface area contributed by atoms with E-state index in [2.05, 4.69) is 142 Å². The van der Waals surface area contributed by atoms with E-state index in [4.69, 9.17) is 21.6 Å². The van der Waals surface area contributed by atoms with Crippen LogP contribution >= 0.6 is 34.3 Å². The Morgan fingerprint density at radius 1 is 0.681 bits per heavy atom. The lowest BCUT2D eigenvalue weighted by Crippen LogP contribution is -2.12. The summed E-state index contributed by atoms with van der Waals surface area (Å²) < 4.78 is 5.08. The first-order valence-electron chi connectivity index (χ1n) is 16.1. The Bertz CT molecular complexity index is 2510. The summed E-state index contributed by atoms with van der Waals surface area (Å²) in [5.74, 6) is 1.01. The fraction of sp³-hybridized carbons (Fsp3) is 0.143. The number of nitrogens with zero attached hydrogens (tertiary/aromatic N) is 2. The molecule has 5 heteroatoms. The van der Waals surface area contributed by atoms with Crippen molar-refractivity contribution in [3.05, 3.63) is 143 Å². The molecule has 47 heavy (non-hydrogen) atoms. The molecule has 0 aliphatic heterocycles. The zero-order valence-electron chi connectivity index (χ0n) is 26.5. The zero-order valence-corrected chi connectivity index (χ0v) is 28.9. The van der Waals surface area contributed by atoms with E-state index in [1.165, 1.54) is 51.3 Å². The lowest BCUT2D eigenvalue weighted by molar-refractivity contribution is 0.461. The Kier molecular flexibility index (Phi) is 7.89. The molecule has 0 fully saturated rings. The molecule has 2 aromatic heterocycles. The number of aliphatic imine (C=N–C) groups is 2. The number of hydrogen-bond donors (Lipinski definition) is 0. The van der Waals surface area contributed by atoms with Crippen molar-refractivity contribution in [1.29, 1.82) is 0 Å². The van der Waals surface area contributed by atoms with Gasteiger partial charge in [0.05, 0.1) is 6.04 Å². The van der Waals surface area contributed by atoms with Crippen molar-refractivity contribution in [2.75, 3.05) is 0 Å². The molecule has 2 heterocycles. The van der Waals surface area contributed by atoms with Crippen LogP contribution in [-0.2, 0) is 0 Å². The minimum Gasteiger partial charge on any atom is -0.258 e. The van der Waals surface area contributed by atoms with Gasteiger partial charge in [-0.3, -0.25) is 4.99 Å². The first-order chi connectivity index (χ1) is 23.0. The Hall–Kier alpha value is -4.35. The van der Waals surface area contributed by atoms with E-state index in [-0.39, 0.29) is 12.0 Å². The van der Waals surface area contributed by atoms with Gasteiger partial charge in [-0.2, -0.15) is 0 Å². The fourth-order valence-corrected chi connectivity index (χ4v) is 9.25. The lowest BCUT2D eigenvalue weighted by atomic mass is 9.91. The van der Waals surface area contributed by atoms with Gasteiger partial charge in [-0.15, -0.1) is 22.7 Å². The van der Waals surface area contributed by atoms with E-state index in [9.17, 15) is 0 Å². The summed E-state index contributed by atoms with van der Waals surface area (Å²) >= 11 is 10.5. The Labute approximate surface area is 287 Å². The average molecular weight is 665 g/mol. The monoisotopic (exact) mass is 664 g/mol. The maximum Gasteiger partial charge on any atom is 0.156 e. The number of benzene rings is 6. The standard InChI is InChI=1S/C42H33ClN2S2/c1-4-25(2)40(36-24-29(43)23-35-32-16-8-10-19-38(32)47-41(35)36)45-42(34-17-11-13-27-12-5-6-14-30(27)34)44-26(3)28-20-21-33-31-15-7-9-18-37(31)46-39(33)22-28/h5-25,40H,4H2,1-3H3. The minimum atomic E-state index is -0.134. The molecule has 2 atom stereocenters.